The smallest absolute Gasteiger partial charge is 0.163 e. The third kappa shape index (κ3) is 6.07. The Kier molecular flexibility index (Phi) is 7.30. The number of pyridine rings is 1. The Bertz CT molecular complexity index is 1320. The molecule has 2 aromatic heterocycles. The molecule has 2 aromatic carbocycles. The first-order valence-corrected chi connectivity index (χ1v) is 10.7. The fourth-order valence-corrected chi connectivity index (χ4v) is 3.29. The van der Waals surface area contributed by atoms with Crippen LogP contribution in [0.2, 0.25) is 0 Å². The molecule has 0 N–H and O–H groups in total. The Morgan fingerprint density at radius 2 is 1.74 bits per heavy atom. The molecule has 0 radical (unpaired) electrons. The van der Waals surface area contributed by atoms with Gasteiger partial charge in [-0.2, -0.15) is 0 Å². The summed E-state index contributed by atoms with van der Waals surface area (Å²) in [5.74, 6) is 1.13. The normalized spacial score (nSPS) is 11.3. The molecule has 4 aromatic rings. The highest BCUT2D eigenvalue weighted by atomic mass is 16.5. The van der Waals surface area contributed by atoms with Crippen molar-refractivity contribution in [3.63, 3.8) is 0 Å². The molecule has 0 spiro atoms. The Hall–Kier alpha value is -4.45. The number of nitrogens with zero attached hydrogens (tertiary/aromatic N) is 1. The van der Waals surface area contributed by atoms with Gasteiger partial charge in [-0.3, -0.25) is 14.6 Å². The van der Waals surface area contributed by atoms with Crippen molar-refractivity contribution in [2.24, 2.45) is 0 Å². The van der Waals surface area contributed by atoms with Crippen LogP contribution < -0.4 is 9.47 Å². The van der Waals surface area contributed by atoms with Gasteiger partial charge in [0.2, 0.25) is 0 Å². The Morgan fingerprint density at radius 1 is 0.941 bits per heavy atom. The number of carbonyl (C=O) groups is 2. The van der Waals surface area contributed by atoms with Crippen molar-refractivity contribution in [2.75, 3.05) is 7.11 Å². The van der Waals surface area contributed by atoms with Crippen LogP contribution in [-0.2, 0) is 16.2 Å². The molecule has 34 heavy (non-hydrogen) atoms. The van der Waals surface area contributed by atoms with Crippen LogP contribution in [0.15, 0.2) is 89.5 Å². The summed E-state index contributed by atoms with van der Waals surface area (Å²) in [4.78, 5) is 28.7. The monoisotopic (exact) mass is 453 g/mol. The molecule has 6 nitrogen and oxygen atoms in total. The van der Waals surface area contributed by atoms with Gasteiger partial charge in [0, 0.05) is 23.2 Å². The van der Waals surface area contributed by atoms with Gasteiger partial charge in [-0.15, -0.1) is 0 Å². The van der Waals surface area contributed by atoms with E-state index in [1.807, 2.05) is 48.5 Å². The van der Waals surface area contributed by atoms with Crippen LogP contribution in [0.1, 0.15) is 23.4 Å². The highest BCUT2D eigenvalue weighted by Crippen LogP contribution is 2.26. The van der Waals surface area contributed by atoms with E-state index in [1.165, 1.54) is 12.2 Å². The minimum Gasteiger partial charge on any atom is -0.496 e. The van der Waals surface area contributed by atoms with E-state index < -0.39 is 0 Å². The minimum absolute atomic E-state index is 0.235. The van der Waals surface area contributed by atoms with Crippen molar-refractivity contribution in [3.8, 4) is 11.5 Å². The van der Waals surface area contributed by atoms with Gasteiger partial charge in [0.05, 0.1) is 19.2 Å². The number of para-hydroxylation sites is 1. The van der Waals surface area contributed by atoms with Crippen LogP contribution in [0, 0.1) is 0 Å². The number of aromatic nitrogens is 1. The molecule has 6 heteroatoms. The van der Waals surface area contributed by atoms with Crippen LogP contribution in [0.3, 0.4) is 0 Å². The van der Waals surface area contributed by atoms with E-state index >= 15 is 0 Å². The standard InChI is InChI=1S/C28H23NO5/c1-32-28-18-25(33-19-22-7-4-5-15-29-22)13-10-20(28)9-11-23(30)17-24(31)12-14-26-16-21-6-2-3-8-27(21)34-26/h2-16,18H,17,19H2,1H3. The molecule has 4 rings (SSSR count). The SMILES string of the molecule is COc1cc(OCc2ccccn2)ccc1C=CC(=O)CC(=O)C=Cc1cc2ccccc2o1. The molecule has 0 aliphatic rings. The summed E-state index contributed by atoms with van der Waals surface area (Å²) in [7, 11) is 1.55. The van der Waals surface area contributed by atoms with Crippen molar-refractivity contribution in [1.29, 1.82) is 0 Å². The lowest BCUT2D eigenvalue weighted by molar-refractivity contribution is -0.121. The number of hydrogen-bond acceptors (Lipinski definition) is 6. The van der Waals surface area contributed by atoms with Gasteiger partial charge >= 0.3 is 0 Å². The van der Waals surface area contributed by atoms with E-state index in [0.717, 1.165) is 16.7 Å². The third-order valence-corrected chi connectivity index (χ3v) is 4.99. The van der Waals surface area contributed by atoms with E-state index in [0.29, 0.717) is 29.4 Å². The van der Waals surface area contributed by atoms with Crippen molar-refractivity contribution in [3.05, 3.63) is 102 Å². The molecule has 0 aliphatic heterocycles. The minimum atomic E-state index is -0.309. The van der Waals surface area contributed by atoms with Gasteiger partial charge in [0.25, 0.3) is 0 Å². The summed E-state index contributed by atoms with van der Waals surface area (Å²) in [5, 5.41) is 0.954. The number of benzene rings is 2. The number of rotatable bonds is 10. The fraction of sp³-hybridized carbons (Fsp3) is 0.107. The van der Waals surface area contributed by atoms with Crippen LogP contribution in [-0.4, -0.2) is 23.7 Å². The lowest BCUT2D eigenvalue weighted by Gasteiger charge is -2.09. The van der Waals surface area contributed by atoms with Crippen molar-refractivity contribution < 1.29 is 23.5 Å². The van der Waals surface area contributed by atoms with E-state index in [4.69, 9.17) is 13.9 Å². The molecule has 0 saturated carbocycles. The largest absolute Gasteiger partial charge is 0.496 e. The topological polar surface area (TPSA) is 78.6 Å². The van der Waals surface area contributed by atoms with Gasteiger partial charge < -0.3 is 13.9 Å². The van der Waals surface area contributed by atoms with Crippen molar-refractivity contribution >= 4 is 34.7 Å². The van der Waals surface area contributed by atoms with Crippen LogP contribution >= 0.6 is 0 Å². The zero-order valence-electron chi connectivity index (χ0n) is 18.6. The van der Waals surface area contributed by atoms with E-state index in [-0.39, 0.29) is 18.0 Å². The van der Waals surface area contributed by atoms with Gasteiger partial charge in [-0.05, 0) is 60.7 Å². The number of fused-ring (bicyclic) bond motifs is 1. The Morgan fingerprint density at radius 3 is 2.50 bits per heavy atom. The van der Waals surface area contributed by atoms with Crippen LogP contribution in [0.5, 0.6) is 11.5 Å². The second-order valence-corrected chi connectivity index (χ2v) is 7.48. The zero-order chi connectivity index (χ0) is 23.8. The highest BCUT2D eigenvalue weighted by Gasteiger charge is 2.07. The lowest BCUT2D eigenvalue weighted by Crippen LogP contribution is -2.02. The number of methoxy groups -OCH3 is 1. The first-order chi connectivity index (χ1) is 16.6. The number of hydrogen-bond donors (Lipinski definition) is 0. The Labute approximate surface area is 197 Å². The second-order valence-electron chi connectivity index (χ2n) is 7.48. The zero-order valence-corrected chi connectivity index (χ0v) is 18.6. The summed E-state index contributed by atoms with van der Waals surface area (Å²) >= 11 is 0. The molecular formula is C28H23NO5. The molecule has 0 fully saturated rings. The molecule has 0 aliphatic carbocycles. The maximum atomic E-state index is 12.3. The van der Waals surface area contributed by atoms with Gasteiger partial charge in [-0.1, -0.05) is 24.3 Å². The van der Waals surface area contributed by atoms with E-state index in [9.17, 15) is 9.59 Å². The third-order valence-electron chi connectivity index (χ3n) is 4.99. The maximum Gasteiger partial charge on any atom is 0.163 e. The molecule has 0 unspecified atom stereocenters. The number of ketones is 2. The summed E-state index contributed by atoms with van der Waals surface area (Å²) < 4.78 is 16.8. The molecule has 0 atom stereocenters. The quantitative estimate of drug-likeness (QED) is 0.227. The van der Waals surface area contributed by atoms with Gasteiger partial charge in [0.1, 0.15) is 29.4 Å². The van der Waals surface area contributed by atoms with E-state index in [1.54, 1.807) is 43.7 Å². The molecule has 170 valence electrons. The molecule has 0 saturated heterocycles. The number of ether oxygens (including phenoxy) is 2. The first-order valence-electron chi connectivity index (χ1n) is 10.7. The predicted octanol–water partition coefficient (Wildman–Crippen LogP) is 5.67. The lowest BCUT2D eigenvalue weighted by atomic mass is 10.1. The predicted molar refractivity (Wildman–Crippen MR) is 130 cm³/mol. The molecule has 0 amide bonds. The fourth-order valence-electron chi connectivity index (χ4n) is 3.29. The van der Waals surface area contributed by atoms with Gasteiger partial charge in [0.15, 0.2) is 11.6 Å². The van der Waals surface area contributed by atoms with E-state index in [2.05, 4.69) is 4.98 Å². The second kappa shape index (κ2) is 10.9. The van der Waals surface area contributed by atoms with Crippen LogP contribution in [0.25, 0.3) is 23.1 Å². The first kappa shape index (κ1) is 22.7. The average Bonchev–Trinajstić information content (AvgIpc) is 3.29. The molecular weight excluding hydrogens is 430 g/mol. The Balaban J connectivity index is 1.33. The summed E-state index contributed by atoms with van der Waals surface area (Å²) in [6.45, 7) is 0.335. The van der Waals surface area contributed by atoms with Crippen LogP contribution in [0.4, 0.5) is 0 Å². The average molecular weight is 453 g/mol. The number of allylic oxidation sites excluding steroid dienone is 2. The molecule has 2 heterocycles. The number of furan rings is 1. The van der Waals surface area contributed by atoms with Gasteiger partial charge in [-0.25, -0.2) is 0 Å². The van der Waals surface area contributed by atoms with Crippen molar-refractivity contribution in [1.82, 2.24) is 4.98 Å². The summed E-state index contributed by atoms with van der Waals surface area (Å²) in [6.07, 6.45) is 7.41. The highest BCUT2D eigenvalue weighted by molar-refractivity contribution is 6.11. The molecule has 0 bridgehead atoms. The van der Waals surface area contributed by atoms with Crippen molar-refractivity contribution in [2.45, 2.75) is 13.0 Å². The maximum absolute atomic E-state index is 12.3. The summed E-state index contributed by atoms with van der Waals surface area (Å²) in [5.41, 5.74) is 2.26. The summed E-state index contributed by atoms with van der Waals surface area (Å²) in [6, 6.07) is 20.4. The number of carbonyl (C=O) groups excluding carboxylic acids is 2.